The second-order valence-corrected chi connectivity index (χ2v) is 4.55. The van der Waals surface area contributed by atoms with Crippen molar-refractivity contribution >= 4 is 45.6 Å². The molecule has 0 spiro atoms. The lowest BCUT2D eigenvalue weighted by atomic mass is 10.1. The fourth-order valence-corrected chi connectivity index (χ4v) is 1.35. The normalized spacial score (nSPS) is 11.0. The van der Waals surface area contributed by atoms with E-state index in [-0.39, 0.29) is 0 Å². The van der Waals surface area contributed by atoms with Gasteiger partial charge >= 0.3 is 0 Å². The maximum atomic E-state index is 4.91. The van der Waals surface area contributed by atoms with Crippen molar-refractivity contribution in [1.29, 1.82) is 0 Å². The molecule has 0 unspecified atom stereocenters. The van der Waals surface area contributed by atoms with E-state index in [1.807, 2.05) is 31.2 Å². The van der Waals surface area contributed by atoms with Gasteiger partial charge in [0.1, 0.15) is 0 Å². The van der Waals surface area contributed by atoms with Crippen LogP contribution in [0.1, 0.15) is 12.5 Å². The molecule has 0 aromatic heterocycles. The zero-order chi connectivity index (χ0) is 11.3. The number of nitrogens with zero attached hydrogens (tertiary/aromatic N) is 1. The van der Waals surface area contributed by atoms with Gasteiger partial charge in [-0.25, -0.2) is 0 Å². The summed E-state index contributed by atoms with van der Waals surface area (Å²) in [6.45, 7) is 1.94. The molecule has 0 aliphatic rings. The number of halogens is 1. The number of benzene rings is 1. The molecule has 0 bridgehead atoms. The number of hydrogen-bond acceptors (Lipinski definition) is 2. The van der Waals surface area contributed by atoms with Gasteiger partial charge in [0.25, 0.3) is 0 Å². The van der Waals surface area contributed by atoms with Crippen molar-refractivity contribution in [3.63, 3.8) is 0 Å². The largest absolute Gasteiger partial charge is 0.364 e. The molecular weight excluding hydrogens is 321 g/mol. The first-order valence-corrected chi connectivity index (χ1v) is 5.90. The van der Waals surface area contributed by atoms with Crippen molar-refractivity contribution in [2.45, 2.75) is 6.92 Å². The predicted octanol–water partition coefficient (Wildman–Crippen LogP) is 2.11. The lowest BCUT2D eigenvalue weighted by Gasteiger charge is -2.03. The molecule has 0 heterocycles. The van der Waals surface area contributed by atoms with Gasteiger partial charge in [-0.3, -0.25) is 5.43 Å². The van der Waals surface area contributed by atoms with Crippen LogP contribution in [0.25, 0.3) is 0 Å². The summed E-state index contributed by atoms with van der Waals surface area (Å²) in [6.07, 6.45) is 0. The molecule has 0 radical (unpaired) electrons. The van der Waals surface area contributed by atoms with E-state index in [1.54, 1.807) is 7.05 Å². The molecule has 5 heteroatoms. The van der Waals surface area contributed by atoms with Crippen molar-refractivity contribution in [1.82, 2.24) is 10.7 Å². The van der Waals surface area contributed by atoms with Crippen molar-refractivity contribution in [3.05, 3.63) is 33.4 Å². The van der Waals surface area contributed by atoms with Gasteiger partial charge in [0, 0.05) is 10.6 Å². The molecule has 1 aromatic rings. The minimum absolute atomic E-state index is 0.514. The molecule has 0 fully saturated rings. The van der Waals surface area contributed by atoms with Gasteiger partial charge in [-0.1, -0.05) is 12.1 Å². The lowest BCUT2D eigenvalue weighted by molar-refractivity contribution is 0.974. The topological polar surface area (TPSA) is 36.4 Å². The van der Waals surface area contributed by atoms with Gasteiger partial charge in [0.2, 0.25) is 0 Å². The van der Waals surface area contributed by atoms with Crippen LogP contribution in [-0.2, 0) is 0 Å². The van der Waals surface area contributed by atoms with Crippen LogP contribution in [0, 0.1) is 3.57 Å². The highest BCUT2D eigenvalue weighted by Crippen LogP contribution is 2.07. The first kappa shape index (κ1) is 12.4. The molecule has 0 saturated carbocycles. The van der Waals surface area contributed by atoms with Crippen LogP contribution in [0.5, 0.6) is 0 Å². The van der Waals surface area contributed by atoms with Crippen LogP contribution < -0.4 is 10.7 Å². The first-order chi connectivity index (χ1) is 7.13. The van der Waals surface area contributed by atoms with Gasteiger partial charge in [-0.15, -0.1) is 0 Å². The highest BCUT2D eigenvalue weighted by atomic mass is 127. The Balaban J connectivity index is 2.71. The molecule has 1 rings (SSSR count). The number of nitrogens with one attached hydrogen (secondary N) is 2. The van der Waals surface area contributed by atoms with Crippen LogP contribution in [0.3, 0.4) is 0 Å². The molecule has 0 saturated heterocycles. The molecule has 80 valence electrons. The highest BCUT2D eigenvalue weighted by molar-refractivity contribution is 14.1. The van der Waals surface area contributed by atoms with E-state index in [0.717, 1.165) is 11.3 Å². The molecule has 1 aromatic carbocycles. The average Bonchev–Trinajstić information content (AvgIpc) is 2.26. The summed E-state index contributed by atoms with van der Waals surface area (Å²) in [4.78, 5) is 0. The van der Waals surface area contributed by atoms with Crippen LogP contribution >= 0.6 is 34.8 Å². The summed E-state index contributed by atoms with van der Waals surface area (Å²) >= 11 is 7.19. The zero-order valence-corrected chi connectivity index (χ0v) is 11.5. The fourth-order valence-electron chi connectivity index (χ4n) is 0.946. The number of thiocarbonyl (C=S) groups is 1. The summed E-state index contributed by atoms with van der Waals surface area (Å²) in [5.41, 5.74) is 4.74. The lowest BCUT2D eigenvalue weighted by Crippen LogP contribution is -2.29. The Morgan fingerprint density at radius 2 is 1.93 bits per heavy atom. The Labute approximate surface area is 108 Å². The quantitative estimate of drug-likeness (QED) is 0.377. The Hall–Kier alpha value is -0.690. The SMILES string of the molecule is CNC(=S)NN=C(C)c1ccc(I)cc1. The fraction of sp³-hybridized carbons (Fsp3) is 0.200. The monoisotopic (exact) mass is 333 g/mol. The van der Waals surface area contributed by atoms with Gasteiger partial charge < -0.3 is 5.32 Å². The summed E-state index contributed by atoms with van der Waals surface area (Å²) < 4.78 is 1.21. The van der Waals surface area contributed by atoms with Crippen molar-refractivity contribution < 1.29 is 0 Å². The number of hydrogen-bond donors (Lipinski definition) is 2. The summed E-state index contributed by atoms with van der Waals surface area (Å²) in [7, 11) is 1.76. The standard InChI is InChI=1S/C10H12IN3S/c1-7(13-14-10(15)12-2)8-3-5-9(11)6-4-8/h3-6H,1-2H3,(H2,12,14,15). The molecule has 3 nitrogen and oxygen atoms in total. The summed E-state index contributed by atoms with van der Waals surface area (Å²) in [6, 6.07) is 8.16. The second kappa shape index (κ2) is 6.02. The van der Waals surface area contributed by atoms with E-state index >= 15 is 0 Å². The van der Waals surface area contributed by atoms with Gasteiger partial charge in [0.05, 0.1) is 5.71 Å². The van der Waals surface area contributed by atoms with Crippen molar-refractivity contribution in [2.24, 2.45) is 5.10 Å². The van der Waals surface area contributed by atoms with Crippen molar-refractivity contribution in [2.75, 3.05) is 7.05 Å². The summed E-state index contributed by atoms with van der Waals surface area (Å²) in [5.74, 6) is 0. The molecule has 0 aliphatic heterocycles. The van der Waals surface area contributed by atoms with Crippen molar-refractivity contribution in [3.8, 4) is 0 Å². The smallest absolute Gasteiger partial charge is 0.186 e. The van der Waals surface area contributed by atoms with Crippen LogP contribution in [-0.4, -0.2) is 17.9 Å². The van der Waals surface area contributed by atoms with Crippen LogP contribution in [0.4, 0.5) is 0 Å². The molecular formula is C10H12IN3S. The van der Waals surface area contributed by atoms with E-state index in [4.69, 9.17) is 12.2 Å². The average molecular weight is 333 g/mol. The third-order valence-corrected chi connectivity index (χ3v) is 2.83. The zero-order valence-electron chi connectivity index (χ0n) is 8.54. The Kier molecular flexibility index (Phi) is 4.97. The minimum atomic E-state index is 0.514. The van der Waals surface area contributed by atoms with E-state index in [9.17, 15) is 0 Å². The van der Waals surface area contributed by atoms with Gasteiger partial charge in [-0.05, 0) is 59.4 Å². The van der Waals surface area contributed by atoms with E-state index < -0.39 is 0 Å². The third-order valence-electron chi connectivity index (χ3n) is 1.81. The highest BCUT2D eigenvalue weighted by Gasteiger charge is 1.97. The molecule has 2 N–H and O–H groups in total. The third kappa shape index (κ3) is 4.13. The first-order valence-electron chi connectivity index (χ1n) is 4.41. The van der Waals surface area contributed by atoms with E-state index in [1.165, 1.54) is 3.57 Å². The molecule has 0 aliphatic carbocycles. The van der Waals surface area contributed by atoms with E-state index in [2.05, 4.69) is 38.4 Å². The minimum Gasteiger partial charge on any atom is -0.364 e. The number of hydrazone groups is 1. The number of rotatable bonds is 2. The molecule has 15 heavy (non-hydrogen) atoms. The maximum Gasteiger partial charge on any atom is 0.186 e. The van der Waals surface area contributed by atoms with Crippen LogP contribution in [0.15, 0.2) is 29.4 Å². The Bertz CT molecular complexity index is 373. The van der Waals surface area contributed by atoms with Crippen LogP contribution in [0.2, 0.25) is 0 Å². The Morgan fingerprint density at radius 1 is 1.33 bits per heavy atom. The second-order valence-electron chi connectivity index (χ2n) is 2.90. The van der Waals surface area contributed by atoms with Gasteiger partial charge in [-0.2, -0.15) is 5.10 Å². The van der Waals surface area contributed by atoms with E-state index in [0.29, 0.717) is 5.11 Å². The molecule has 0 atom stereocenters. The summed E-state index contributed by atoms with van der Waals surface area (Å²) in [5, 5.41) is 7.46. The molecule has 0 amide bonds. The maximum absolute atomic E-state index is 4.91. The predicted molar refractivity (Wildman–Crippen MR) is 76.2 cm³/mol. The van der Waals surface area contributed by atoms with Gasteiger partial charge in [0.15, 0.2) is 5.11 Å². The Morgan fingerprint density at radius 3 is 2.47 bits per heavy atom.